The van der Waals surface area contributed by atoms with Gasteiger partial charge >= 0.3 is 0 Å². The standard InChI is InChI=1S/C25H23N3O/c1-2-3-13-24-26-22-17-28(29)23-15-20-12-8-7-11-19(20)14-21(23)25(22)27(24)16-18-9-5-4-6-10-18/h4-12,14-15,17H,2-3,13,16H2,1H3. The second-order valence-corrected chi connectivity index (χ2v) is 7.61. The van der Waals surface area contributed by atoms with Crippen LogP contribution >= 0.6 is 0 Å². The molecule has 0 aliphatic rings. The van der Waals surface area contributed by atoms with E-state index in [0.717, 1.165) is 63.6 Å². The van der Waals surface area contributed by atoms with Crippen LogP contribution in [0, 0.1) is 5.21 Å². The third kappa shape index (κ3) is 3.11. The first-order valence-electron chi connectivity index (χ1n) is 10.2. The summed E-state index contributed by atoms with van der Waals surface area (Å²) in [6, 6.07) is 22.8. The molecule has 0 saturated carbocycles. The van der Waals surface area contributed by atoms with E-state index in [2.05, 4.69) is 47.9 Å². The van der Waals surface area contributed by atoms with E-state index in [9.17, 15) is 5.21 Å². The van der Waals surface area contributed by atoms with Crippen LogP contribution in [0.3, 0.4) is 0 Å². The third-order valence-electron chi connectivity index (χ3n) is 5.61. The number of rotatable bonds is 5. The summed E-state index contributed by atoms with van der Waals surface area (Å²) < 4.78 is 3.27. The normalized spacial score (nSPS) is 11.6. The van der Waals surface area contributed by atoms with Gasteiger partial charge in [0.2, 0.25) is 11.7 Å². The molecule has 3 aromatic carbocycles. The third-order valence-corrected chi connectivity index (χ3v) is 5.61. The Balaban J connectivity index is 1.82. The van der Waals surface area contributed by atoms with Gasteiger partial charge in [0.25, 0.3) is 0 Å². The van der Waals surface area contributed by atoms with Crippen molar-refractivity contribution in [3.8, 4) is 0 Å². The van der Waals surface area contributed by atoms with Gasteiger partial charge in [-0.25, -0.2) is 4.98 Å². The Bertz CT molecular complexity index is 1320. The van der Waals surface area contributed by atoms with E-state index in [1.165, 1.54) is 5.56 Å². The van der Waals surface area contributed by atoms with Crippen molar-refractivity contribution in [3.63, 3.8) is 0 Å². The summed E-state index contributed by atoms with van der Waals surface area (Å²) in [5.74, 6) is 1.05. The Morgan fingerprint density at radius 1 is 0.966 bits per heavy atom. The Kier molecular flexibility index (Phi) is 4.39. The number of nitrogens with zero attached hydrogens (tertiary/aromatic N) is 3. The molecule has 4 nitrogen and oxygen atoms in total. The first-order valence-corrected chi connectivity index (χ1v) is 10.2. The maximum atomic E-state index is 12.8. The molecule has 0 radical (unpaired) electrons. The van der Waals surface area contributed by atoms with Gasteiger partial charge < -0.3 is 9.77 Å². The number of hydrogen-bond acceptors (Lipinski definition) is 2. The van der Waals surface area contributed by atoms with E-state index in [1.54, 1.807) is 6.20 Å². The van der Waals surface area contributed by atoms with Crippen molar-refractivity contribution in [1.82, 2.24) is 9.55 Å². The summed E-state index contributed by atoms with van der Waals surface area (Å²) in [6.07, 6.45) is 4.73. The topological polar surface area (TPSA) is 44.8 Å². The Hall–Kier alpha value is -3.40. The molecule has 0 bridgehead atoms. The van der Waals surface area contributed by atoms with Gasteiger partial charge in [-0.05, 0) is 28.8 Å². The molecule has 0 N–H and O–H groups in total. The summed E-state index contributed by atoms with van der Waals surface area (Å²) in [5, 5.41) is 16.0. The first kappa shape index (κ1) is 17.7. The van der Waals surface area contributed by atoms with Crippen LogP contribution in [0.2, 0.25) is 0 Å². The highest BCUT2D eigenvalue weighted by Crippen LogP contribution is 2.29. The number of aryl methyl sites for hydroxylation is 1. The minimum absolute atomic E-state index is 0.687. The Morgan fingerprint density at radius 3 is 2.45 bits per heavy atom. The molecular formula is C25H23N3O. The minimum atomic E-state index is 0.687. The van der Waals surface area contributed by atoms with Crippen LogP contribution in [-0.4, -0.2) is 9.55 Å². The fourth-order valence-electron chi connectivity index (χ4n) is 4.14. The zero-order chi connectivity index (χ0) is 19.8. The van der Waals surface area contributed by atoms with Crippen LogP contribution in [0.5, 0.6) is 0 Å². The van der Waals surface area contributed by atoms with Crippen LogP contribution < -0.4 is 4.73 Å². The molecule has 0 aliphatic heterocycles. The van der Waals surface area contributed by atoms with E-state index < -0.39 is 0 Å². The maximum Gasteiger partial charge on any atom is 0.226 e. The lowest BCUT2D eigenvalue weighted by molar-refractivity contribution is -0.575. The van der Waals surface area contributed by atoms with Gasteiger partial charge in [-0.1, -0.05) is 67.9 Å². The summed E-state index contributed by atoms with van der Waals surface area (Å²) in [6.45, 7) is 2.94. The minimum Gasteiger partial charge on any atom is -0.618 e. The van der Waals surface area contributed by atoms with Gasteiger partial charge in [-0.15, -0.1) is 0 Å². The fraction of sp³-hybridized carbons (Fsp3) is 0.200. The summed E-state index contributed by atoms with van der Waals surface area (Å²) >= 11 is 0. The van der Waals surface area contributed by atoms with Crippen molar-refractivity contribution in [1.29, 1.82) is 0 Å². The molecule has 0 amide bonds. The molecule has 29 heavy (non-hydrogen) atoms. The highest BCUT2D eigenvalue weighted by molar-refractivity contribution is 6.06. The van der Waals surface area contributed by atoms with Crippen molar-refractivity contribution in [3.05, 3.63) is 89.5 Å². The molecular weight excluding hydrogens is 358 g/mol. The number of fused-ring (bicyclic) bond motifs is 4. The van der Waals surface area contributed by atoms with Crippen LogP contribution in [0.25, 0.3) is 32.7 Å². The average molecular weight is 381 g/mol. The molecule has 0 fully saturated rings. The fourth-order valence-corrected chi connectivity index (χ4v) is 4.14. The zero-order valence-electron chi connectivity index (χ0n) is 16.5. The summed E-state index contributed by atoms with van der Waals surface area (Å²) in [5.41, 5.74) is 3.74. The number of unbranched alkanes of at least 4 members (excludes halogenated alkanes) is 1. The van der Waals surface area contributed by atoms with Crippen molar-refractivity contribution in [2.45, 2.75) is 32.7 Å². The van der Waals surface area contributed by atoms with Crippen LogP contribution in [0.1, 0.15) is 31.2 Å². The lowest BCUT2D eigenvalue weighted by atomic mass is 10.1. The summed E-state index contributed by atoms with van der Waals surface area (Å²) in [7, 11) is 0. The van der Waals surface area contributed by atoms with Gasteiger partial charge in [-0.2, -0.15) is 4.73 Å². The number of benzene rings is 3. The second-order valence-electron chi connectivity index (χ2n) is 7.61. The van der Waals surface area contributed by atoms with Gasteiger partial charge in [0.05, 0.1) is 10.9 Å². The van der Waals surface area contributed by atoms with Crippen LogP contribution in [0.15, 0.2) is 72.9 Å². The SMILES string of the molecule is CCCCc1nc2c[n+]([O-])c3cc4ccccc4cc3c2n1Cc1ccccc1. The molecule has 0 saturated heterocycles. The molecule has 0 unspecified atom stereocenters. The maximum absolute atomic E-state index is 12.8. The van der Waals surface area contributed by atoms with Crippen LogP contribution in [-0.2, 0) is 13.0 Å². The molecule has 2 heterocycles. The van der Waals surface area contributed by atoms with Crippen molar-refractivity contribution >= 4 is 32.7 Å². The van der Waals surface area contributed by atoms with Gasteiger partial charge in [-0.3, -0.25) is 0 Å². The van der Waals surface area contributed by atoms with E-state index >= 15 is 0 Å². The Labute approximate surface area is 169 Å². The van der Waals surface area contributed by atoms with E-state index in [1.807, 2.05) is 30.3 Å². The predicted octanol–water partition coefficient (Wildman–Crippen LogP) is 5.37. The number of hydrogen-bond donors (Lipinski definition) is 0. The molecule has 5 rings (SSSR count). The van der Waals surface area contributed by atoms with Crippen molar-refractivity contribution in [2.24, 2.45) is 0 Å². The monoisotopic (exact) mass is 381 g/mol. The van der Waals surface area contributed by atoms with E-state index in [4.69, 9.17) is 4.98 Å². The summed E-state index contributed by atoms with van der Waals surface area (Å²) in [4.78, 5) is 4.88. The zero-order valence-corrected chi connectivity index (χ0v) is 16.5. The number of aromatic nitrogens is 3. The highest BCUT2D eigenvalue weighted by Gasteiger charge is 2.19. The Morgan fingerprint density at radius 2 is 1.69 bits per heavy atom. The van der Waals surface area contributed by atoms with Crippen molar-refractivity contribution in [2.75, 3.05) is 0 Å². The predicted molar refractivity (Wildman–Crippen MR) is 118 cm³/mol. The van der Waals surface area contributed by atoms with Crippen molar-refractivity contribution < 1.29 is 4.73 Å². The smallest absolute Gasteiger partial charge is 0.226 e. The number of pyridine rings is 1. The molecule has 0 atom stereocenters. The molecule has 2 aromatic heterocycles. The molecule has 4 heteroatoms. The van der Waals surface area contributed by atoms with Gasteiger partial charge in [0.1, 0.15) is 5.82 Å². The highest BCUT2D eigenvalue weighted by atomic mass is 16.5. The second kappa shape index (κ2) is 7.21. The largest absolute Gasteiger partial charge is 0.618 e. The average Bonchev–Trinajstić information content (AvgIpc) is 3.09. The lowest BCUT2D eigenvalue weighted by Gasteiger charge is -2.11. The molecule has 144 valence electrons. The quantitative estimate of drug-likeness (QED) is 0.233. The van der Waals surface area contributed by atoms with Gasteiger partial charge in [0.15, 0.2) is 5.52 Å². The molecule has 0 aliphatic carbocycles. The number of imidazole rings is 1. The molecule has 5 aromatic rings. The first-order chi connectivity index (χ1) is 14.2. The van der Waals surface area contributed by atoms with E-state index in [-0.39, 0.29) is 0 Å². The molecule has 0 spiro atoms. The lowest BCUT2D eigenvalue weighted by Crippen LogP contribution is -2.26. The van der Waals surface area contributed by atoms with Gasteiger partial charge in [0, 0.05) is 19.0 Å². The van der Waals surface area contributed by atoms with E-state index in [0.29, 0.717) is 5.52 Å². The van der Waals surface area contributed by atoms with Crippen LogP contribution in [0.4, 0.5) is 0 Å².